The van der Waals surface area contributed by atoms with Gasteiger partial charge in [0, 0.05) is 37.2 Å². The van der Waals surface area contributed by atoms with Crippen LogP contribution in [0, 0.1) is 0 Å². The summed E-state index contributed by atoms with van der Waals surface area (Å²) >= 11 is 0. The van der Waals surface area contributed by atoms with Crippen molar-refractivity contribution in [2.45, 2.75) is 38.1 Å². The summed E-state index contributed by atoms with van der Waals surface area (Å²) in [7, 11) is 0. The van der Waals surface area contributed by atoms with Gasteiger partial charge < -0.3 is 10.3 Å². The largest absolute Gasteiger partial charge is 0.359 e. The second-order valence-corrected chi connectivity index (χ2v) is 5.50. The van der Waals surface area contributed by atoms with Crippen molar-refractivity contribution in [2.24, 2.45) is 0 Å². The van der Waals surface area contributed by atoms with Crippen LogP contribution in [-0.2, 0) is 13.0 Å². The molecule has 0 radical (unpaired) electrons. The monoisotopic (exact) mass is 254 g/mol. The van der Waals surface area contributed by atoms with Crippen LogP contribution in [0.2, 0.25) is 0 Å². The Hall–Kier alpha value is -1.68. The van der Waals surface area contributed by atoms with Crippen LogP contribution >= 0.6 is 0 Å². The topological polar surface area (TPSA) is 53.6 Å². The first-order chi connectivity index (χ1) is 9.42. The highest BCUT2D eigenvalue weighted by molar-refractivity contribution is 5.51. The fraction of sp³-hybridized carbons (Fsp3) is 0.467. The molecule has 3 heterocycles. The molecule has 4 heteroatoms. The summed E-state index contributed by atoms with van der Waals surface area (Å²) in [6, 6.07) is 4.05. The molecule has 98 valence electrons. The van der Waals surface area contributed by atoms with Crippen LogP contribution in [0.3, 0.4) is 0 Å². The van der Waals surface area contributed by atoms with E-state index in [9.17, 15) is 0 Å². The third-order valence-corrected chi connectivity index (χ3v) is 4.30. The minimum atomic E-state index is 0.658. The van der Waals surface area contributed by atoms with Crippen molar-refractivity contribution in [3.05, 3.63) is 35.3 Å². The summed E-state index contributed by atoms with van der Waals surface area (Å²) in [5.74, 6) is 1.53. The van der Waals surface area contributed by atoms with E-state index >= 15 is 0 Å². The lowest BCUT2D eigenvalue weighted by molar-refractivity contribution is 0.404. The molecule has 1 aliphatic carbocycles. The molecule has 2 aliphatic rings. The smallest absolute Gasteiger partial charge is 0.176 e. The molecule has 0 aromatic carbocycles. The molecule has 0 atom stereocenters. The molecule has 4 nitrogen and oxygen atoms in total. The molecule has 2 aromatic heterocycles. The molecular formula is C15H18N4. The van der Waals surface area contributed by atoms with E-state index in [1.807, 2.05) is 18.3 Å². The molecule has 0 unspecified atom stereocenters. The third-order valence-electron chi connectivity index (χ3n) is 4.30. The molecule has 4 rings (SSSR count). The Morgan fingerprint density at radius 1 is 1.21 bits per heavy atom. The van der Waals surface area contributed by atoms with E-state index in [0.29, 0.717) is 5.92 Å². The Bertz CT molecular complexity index is 584. The fourth-order valence-electron chi connectivity index (χ4n) is 2.98. The van der Waals surface area contributed by atoms with Gasteiger partial charge in [-0.05, 0) is 25.0 Å². The number of aromatic nitrogens is 3. The Labute approximate surface area is 112 Å². The highest BCUT2D eigenvalue weighted by atomic mass is 15.0. The first-order valence-electron chi connectivity index (χ1n) is 7.16. The summed E-state index contributed by atoms with van der Waals surface area (Å²) in [4.78, 5) is 12.9. The highest BCUT2D eigenvalue weighted by Gasteiger charge is 2.27. The van der Waals surface area contributed by atoms with Gasteiger partial charge in [0.25, 0.3) is 0 Å². The van der Waals surface area contributed by atoms with Crippen molar-refractivity contribution in [1.82, 2.24) is 20.3 Å². The van der Waals surface area contributed by atoms with Crippen molar-refractivity contribution in [3.8, 4) is 11.5 Å². The van der Waals surface area contributed by atoms with Crippen LogP contribution in [0.4, 0.5) is 0 Å². The molecule has 1 aliphatic heterocycles. The third kappa shape index (κ3) is 1.87. The first kappa shape index (κ1) is 11.2. The number of rotatable bonds is 2. The van der Waals surface area contributed by atoms with Crippen LogP contribution in [-0.4, -0.2) is 21.5 Å². The Morgan fingerprint density at radius 2 is 2.16 bits per heavy atom. The van der Waals surface area contributed by atoms with Gasteiger partial charge in [-0.3, -0.25) is 0 Å². The lowest BCUT2D eigenvalue weighted by atomic mass is 9.80. The summed E-state index contributed by atoms with van der Waals surface area (Å²) in [5.41, 5.74) is 4.95. The zero-order chi connectivity index (χ0) is 12.7. The van der Waals surface area contributed by atoms with E-state index in [1.165, 1.54) is 36.2 Å². The lowest BCUT2D eigenvalue weighted by Gasteiger charge is -2.29. The van der Waals surface area contributed by atoms with Crippen molar-refractivity contribution in [3.63, 3.8) is 0 Å². The van der Waals surface area contributed by atoms with Crippen LogP contribution in [0.1, 0.15) is 42.1 Å². The molecule has 19 heavy (non-hydrogen) atoms. The van der Waals surface area contributed by atoms with Crippen LogP contribution in [0.5, 0.6) is 0 Å². The molecule has 0 bridgehead atoms. The Balaban J connectivity index is 1.85. The normalized spacial score (nSPS) is 18.9. The average molecular weight is 254 g/mol. The lowest BCUT2D eigenvalue weighted by Crippen LogP contribution is -2.28. The van der Waals surface area contributed by atoms with Gasteiger partial charge >= 0.3 is 0 Å². The molecule has 2 N–H and O–H groups in total. The number of hydrogen-bond donors (Lipinski definition) is 2. The zero-order valence-electron chi connectivity index (χ0n) is 10.9. The highest BCUT2D eigenvalue weighted by Crippen LogP contribution is 2.38. The number of fused-ring (bicyclic) bond motifs is 1. The zero-order valence-corrected chi connectivity index (χ0v) is 10.9. The number of H-pyrrole nitrogens is 1. The van der Waals surface area contributed by atoms with E-state index in [2.05, 4.69) is 10.3 Å². The standard InChI is InChI=1S/C15H18N4/c1-3-10(4-1)14-11-9-16-8-6-12(11)18-15(19-14)13-5-2-7-17-13/h2,5,7,10,16-17H,1,3-4,6,8-9H2. The second kappa shape index (κ2) is 4.46. The van der Waals surface area contributed by atoms with Gasteiger partial charge in [0.05, 0.1) is 17.1 Å². The van der Waals surface area contributed by atoms with Crippen molar-refractivity contribution < 1.29 is 0 Å². The minimum absolute atomic E-state index is 0.658. The number of hydrogen-bond acceptors (Lipinski definition) is 3. The van der Waals surface area contributed by atoms with E-state index < -0.39 is 0 Å². The molecule has 2 aromatic rings. The average Bonchev–Trinajstić information content (AvgIpc) is 2.90. The molecular weight excluding hydrogens is 236 g/mol. The van der Waals surface area contributed by atoms with Gasteiger partial charge in [-0.2, -0.15) is 0 Å². The van der Waals surface area contributed by atoms with E-state index in [0.717, 1.165) is 31.0 Å². The summed E-state index contributed by atoms with van der Waals surface area (Å²) in [6.45, 7) is 1.96. The van der Waals surface area contributed by atoms with Crippen LogP contribution < -0.4 is 5.32 Å². The van der Waals surface area contributed by atoms with Gasteiger partial charge in [0.2, 0.25) is 0 Å². The van der Waals surface area contributed by atoms with Crippen LogP contribution in [0.25, 0.3) is 11.5 Å². The summed E-state index contributed by atoms with van der Waals surface area (Å²) in [6.07, 6.45) is 6.87. The second-order valence-electron chi connectivity index (χ2n) is 5.50. The van der Waals surface area contributed by atoms with E-state index in [4.69, 9.17) is 9.97 Å². The maximum Gasteiger partial charge on any atom is 0.176 e. The number of nitrogens with one attached hydrogen (secondary N) is 2. The number of nitrogens with zero attached hydrogens (tertiary/aromatic N) is 2. The molecule has 1 fully saturated rings. The molecule has 0 amide bonds. The van der Waals surface area contributed by atoms with Crippen molar-refractivity contribution in [1.29, 1.82) is 0 Å². The van der Waals surface area contributed by atoms with E-state index in [-0.39, 0.29) is 0 Å². The van der Waals surface area contributed by atoms with Crippen LogP contribution in [0.15, 0.2) is 18.3 Å². The van der Waals surface area contributed by atoms with Gasteiger partial charge in [0.1, 0.15) is 0 Å². The quantitative estimate of drug-likeness (QED) is 0.865. The SMILES string of the molecule is c1c[nH]c(-c2nc3c(c(C4CCC4)n2)CNCC3)c1. The molecule has 1 saturated carbocycles. The van der Waals surface area contributed by atoms with Gasteiger partial charge in [-0.15, -0.1) is 0 Å². The first-order valence-corrected chi connectivity index (χ1v) is 7.16. The molecule has 0 saturated heterocycles. The van der Waals surface area contributed by atoms with Crippen molar-refractivity contribution in [2.75, 3.05) is 6.54 Å². The van der Waals surface area contributed by atoms with E-state index in [1.54, 1.807) is 0 Å². The van der Waals surface area contributed by atoms with Gasteiger partial charge in [-0.1, -0.05) is 6.42 Å². The maximum absolute atomic E-state index is 4.87. The summed E-state index contributed by atoms with van der Waals surface area (Å²) < 4.78 is 0. The van der Waals surface area contributed by atoms with Gasteiger partial charge in [0.15, 0.2) is 5.82 Å². The predicted molar refractivity (Wildman–Crippen MR) is 73.8 cm³/mol. The summed E-state index contributed by atoms with van der Waals surface area (Å²) in [5, 5.41) is 3.45. The van der Waals surface area contributed by atoms with Crippen molar-refractivity contribution >= 4 is 0 Å². The minimum Gasteiger partial charge on any atom is -0.359 e. The molecule has 0 spiro atoms. The number of aromatic amines is 1. The predicted octanol–water partition coefficient (Wildman–Crippen LogP) is 2.38. The maximum atomic E-state index is 4.87. The fourth-order valence-corrected chi connectivity index (χ4v) is 2.98. The van der Waals surface area contributed by atoms with Gasteiger partial charge in [-0.25, -0.2) is 9.97 Å². The Kier molecular flexibility index (Phi) is 2.62. The Morgan fingerprint density at radius 3 is 2.89 bits per heavy atom.